The predicted octanol–water partition coefficient (Wildman–Crippen LogP) is -1.26. The molecule has 0 saturated carbocycles. The van der Waals surface area contributed by atoms with Crippen LogP contribution in [0.2, 0.25) is 0 Å². The number of aliphatic hydroxyl groups excluding tert-OH is 3. The van der Waals surface area contributed by atoms with Crippen molar-refractivity contribution < 1.29 is 15.3 Å². The van der Waals surface area contributed by atoms with Crippen molar-refractivity contribution in [2.45, 2.75) is 12.2 Å². The third kappa shape index (κ3) is 1.67. The van der Waals surface area contributed by atoms with Crippen LogP contribution in [0.5, 0.6) is 0 Å². The Labute approximate surface area is 84.5 Å². The number of hydrogen-bond donors (Lipinski definition) is 4. The lowest BCUT2D eigenvalue weighted by Crippen LogP contribution is -2.23. The zero-order valence-corrected chi connectivity index (χ0v) is 7.70. The Hall–Kier alpha value is -1.57. The molecule has 80 valence electrons. The van der Waals surface area contributed by atoms with E-state index < -0.39 is 18.8 Å². The summed E-state index contributed by atoms with van der Waals surface area (Å²) in [5.41, 5.74) is 1.08. The Morgan fingerprint density at radius 1 is 1.27 bits per heavy atom. The van der Waals surface area contributed by atoms with Crippen molar-refractivity contribution in [3.8, 4) is 0 Å². The number of aromatic nitrogens is 4. The molecule has 0 aliphatic heterocycles. The number of imidazole rings is 1. The van der Waals surface area contributed by atoms with Gasteiger partial charge in [-0.15, -0.1) is 0 Å². The monoisotopic (exact) mass is 210 g/mol. The highest BCUT2D eigenvalue weighted by Crippen LogP contribution is 2.20. The van der Waals surface area contributed by atoms with Crippen molar-refractivity contribution in [3.05, 3.63) is 18.3 Å². The molecular formula is C8H10N4O3. The van der Waals surface area contributed by atoms with Crippen LogP contribution in [0.15, 0.2) is 12.7 Å². The summed E-state index contributed by atoms with van der Waals surface area (Å²) in [6.45, 7) is -0.541. The van der Waals surface area contributed by atoms with Crippen molar-refractivity contribution in [3.63, 3.8) is 0 Å². The van der Waals surface area contributed by atoms with Crippen LogP contribution in [-0.2, 0) is 0 Å². The summed E-state index contributed by atoms with van der Waals surface area (Å²) in [4.78, 5) is 14.3. The van der Waals surface area contributed by atoms with Gasteiger partial charge in [-0.05, 0) is 0 Å². The molecular weight excluding hydrogens is 200 g/mol. The fourth-order valence-corrected chi connectivity index (χ4v) is 1.29. The molecule has 0 bridgehead atoms. The van der Waals surface area contributed by atoms with Gasteiger partial charge in [0.25, 0.3) is 0 Å². The number of rotatable bonds is 3. The quantitative estimate of drug-likeness (QED) is 0.502. The maximum absolute atomic E-state index is 9.66. The van der Waals surface area contributed by atoms with Gasteiger partial charge in [-0.1, -0.05) is 0 Å². The van der Waals surface area contributed by atoms with Gasteiger partial charge in [-0.2, -0.15) is 0 Å². The second kappa shape index (κ2) is 3.89. The molecule has 2 atom stereocenters. The van der Waals surface area contributed by atoms with Gasteiger partial charge < -0.3 is 20.3 Å². The molecule has 0 aliphatic carbocycles. The Morgan fingerprint density at radius 2 is 2.07 bits per heavy atom. The van der Waals surface area contributed by atoms with Gasteiger partial charge in [0.15, 0.2) is 5.65 Å². The Balaban J connectivity index is 2.46. The fraction of sp³-hybridized carbons (Fsp3) is 0.375. The molecule has 0 fully saturated rings. The first-order valence-corrected chi connectivity index (χ1v) is 4.35. The molecule has 0 saturated heterocycles. The third-order valence-corrected chi connectivity index (χ3v) is 2.08. The lowest BCUT2D eigenvalue weighted by atomic mass is 10.1. The van der Waals surface area contributed by atoms with E-state index >= 15 is 0 Å². The lowest BCUT2D eigenvalue weighted by molar-refractivity contribution is -0.0166. The average Bonchev–Trinajstić information content (AvgIpc) is 2.74. The lowest BCUT2D eigenvalue weighted by Gasteiger charge is -2.14. The minimum Gasteiger partial charge on any atom is -0.394 e. The smallest absolute Gasteiger partial charge is 0.180 e. The Bertz CT molecular complexity index is 458. The van der Waals surface area contributed by atoms with Crippen molar-refractivity contribution >= 4 is 11.2 Å². The number of H-pyrrole nitrogens is 1. The van der Waals surface area contributed by atoms with Crippen molar-refractivity contribution in [1.82, 2.24) is 19.9 Å². The average molecular weight is 210 g/mol. The number of fused-ring (bicyclic) bond motifs is 1. The zero-order chi connectivity index (χ0) is 10.8. The summed E-state index contributed by atoms with van der Waals surface area (Å²) in [6.07, 6.45) is 0.125. The van der Waals surface area contributed by atoms with Gasteiger partial charge in [0.1, 0.15) is 29.7 Å². The molecule has 2 unspecified atom stereocenters. The molecule has 2 rings (SSSR count). The van der Waals surface area contributed by atoms with Crippen LogP contribution in [0.25, 0.3) is 11.2 Å². The zero-order valence-electron chi connectivity index (χ0n) is 7.70. The molecule has 15 heavy (non-hydrogen) atoms. The largest absolute Gasteiger partial charge is 0.394 e. The summed E-state index contributed by atoms with van der Waals surface area (Å²) >= 11 is 0. The standard InChI is InChI=1S/C8H10N4O3/c13-1-4(14)7(15)5-6-8(11-2-9-5)12-3-10-6/h2-4,7,13-15H,1H2,(H,9,10,11,12). The molecule has 7 nitrogen and oxygen atoms in total. The molecule has 0 amide bonds. The number of hydrogen-bond acceptors (Lipinski definition) is 6. The molecule has 0 aromatic carbocycles. The summed E-state index contributed by atoms with van der Waals surface area (Å²) in [5, 5.41) is 27.6. The number of aliphatic hydroxyl groups is 3. The summed E-state index contributed by atoms with van der Waals surface area (Å²) in [7, 11) is 0. The molecule has 2 aromatic rings. The summed E-state index contributed by atoms with van der Waals surface area (Å²) in [6, 6.07) is 0. The van der Waals surface area contributed by atoms with E-state index in [1.807, 2.05) is 0 Å². The van der Waals surface area contributed by atoms with Crippen LogP contribution in [0.3, 0.4) is 0 Å². The third-order valence-electron chi connectivity index (χ3n) is 2.08. The van der Waals surface area contributed by atoms with Crippen LogP contribution < -0.4 is 0 Å². The van der Waals surface area contributed by atoms with Gasteiger partial charge in [0.05, 0.1) is 12.9 Å². The fourth-order valence-electron chi connectivity index (χ4n) is 1.29. The molecule has 4 N–H and O–H groups in total. The molecule has 0 spiro atoms. The van der Waals surface area contributed by atoms with Crippen LogP contribution in [-0.4, -0.2) is 48.0 Å². The first kappa shape index (κ1) is 9.97. The second-order valence-electron chi connectivity index (χ2n) is 3.05. The number of aromatic amines is 1. The van der Waals surface area contributed by atoms with Crippen molar-refractivity contribution in [2.24, 2.45) is 0 Å². The highest BCUT2D eigenvalue weighted by molar-refractivity contribution is 5.72. The van der Waals surface area contributed by atoms with Crippen LogP contribution in [0.1, 0.15) is 11.8 Å². The maximum Gasteiger partial charge on any atom is 0.180 e. The van der Waals surface area contributed by atoms with Gasteiger partial charge in [-0.3, -0.25) is 0 Å². The normalized spacial score (nSPS) is 15.4. The molecule has 2 heterocycles. The van der Waals surface area contributed by atoms with E-state index in [9.17, 15) is 10.2 Å². The molecule has 7 heteroatoms. The van der Waals surface area contributed by atoms with E-state index in [-0.39, 0.29) is 5.69 Å². The highest BCUT2D eigenvalue weighted by atomic mass is 16.4. The van der Waals surface area contributed by atoms with E-state index in [0.717, 1.165) is 0 Å². The number of nitrogens with zero attached hydrogens (tertiary/aromatic N) is 3. The Morgan fingerprint density at radius 3 is 2.80 bits per heavy atom. The van der Waals surface area contributed by atoms with E-state index in [1.54, 1.807) is 0 Å². The van der Waals surface area contributed by atoms with Crippen molar-refractivity contribution in [2.75, 3.05) is 6.61 Å². The van der Waals surface area contributed by atoms with E-state index in [4.69, 9.17) is 5.11 Å². The minimum absolute atomic E-state index is 0.221. The predicted molar refractivity (Wildman–Crippen MR) is 49.7 cm³/mol. The van der Waals surface area contributed by atoms with Gasteiger partial charge >= 0.3 is 0 Å². The van der Waals surface area contributed by atoms with Gasteiger partial charge in [0.2, 0.25) is 0 Å². The minimum atomic E-state index is -1.27. The Kier molecular flexibility index (Phi) is 2.58. The molecule has 0 aliphatic rings. The van der Waals surface area contributed by atoms with Crippen molar-refractivity contribution in [1.29, 1.82) is 0 Å². The molecule has 0 radical (unpaired) electrons. The highest BCUT2D eigenvalue weighted by Gasteiger charge is 2.22. The number of nitrogens with one attached hydrogen (secondary N) is 1. The first-order chi connectivity index (χ1) is 7.24. The molecule has 2 aromatic heterocycles. The maximum atomic E-state index is 9.66. The first-order valence-electron chi connectivity index (χ1n) is 4.35. The van der Waals surface area contributed by atoms with Crippen LogP contribution in [0.4, 0.5) is 0 Å². The SMILES string of the molecule is OCC(O)C(O)c1ncnc2nc[nH]c12. The van der Waals surface area contributed by atoms with E-state index in [2.05, 4.69) is 19.9 Å². The summed E-state index contributed by atoms with van der Waals surface area (Å²) < 4.78 is 0. The van der Waals surface area contributed by atoms with Crippen LogP contribution >= 0.6 is 0 Å². The van der Waals surface area contributed by atoms with Gasteiger partial charge in [0, 0.05) is 0 Å². The van der Waals surface area contributed by atoms with Crippen LogP contribution in [0, 0.1) is 0 Å². The van der Waals surface area contributed by atoms with E-state index in [0.29, 0.717) is 11.2 Å². The summed E-state index contributed by atoms with van der Waals surface area (Å²) in [5.74, 6) is 0. The van der Waals surface area contributed by atoms with E-state index in [1.165, 1.54) is 12.7 Å². The van der Waals surface area contributed by atoms with Gasteiger partial charge in [-0.25, -0.2) is 15.0 Å². The second-order valence-corrected chi connectivity index (χ2v) is 3.05. The topological polar surface area (TPSA) is 115 Å².